The molecule has 0 bridgehead atoms. The molecule has 1 atom stereocenters. The van der Waals surface area contributed by atoms with Crippen LogP contribution in [-0.4, -0.2) is 5.91 Å². The molecule has 0 saturated heterocycles. The Labute approximate surface area is 167 Å². The van der Waals surface area contributed by atoms with E-state index >= 15 is 0 Å². The molecule has 1 N–H and O–H groups in total. The van der Waals surface area contributed by atoms with E-state index in [1.807, 2.05) is 55.5 Å². The van der Waals surface area contributed by atoms with Crippen LogP contribution < -0.4 is 10.1 Å². The summed E-state index contributed by atoms with van der Waals surface area (Å²) < 4.78 is 5.93. The van der Waals surface area contributed by atoms with Gasteiger partial charge in [0.2, 0.25) is 0 Å². The molecule has 0 radical (unpaired) electrons. The summed E-state index contributed by atoms with van der Waals surface area (Å²) in [5, 5.41) is 3.12. The van der Waals surface area contributed by atoms with Crippen LogP contribution in [0, 0.1) is 20.8 Å². The number of ether oxygens (including phenoxy) is 1. The molecule has 0 aliphatic heterocycles. The van der Waals surface area contributed by atoms with Crippen molar-refractivity contribution < 1.29 is 9.53 Å². The maximum absolute atomic E-state index is 12.9. The van der Waals surface area contributed by atoms with Crippen LogP contribution in [-0.2, 0) is 6.61 Å². The number of para-hydroxylation sites is 1. The third-order valence-corrected chi connectivity index (χ3v) is 5.07. The van der Waals surface area contributed by atoms with E-state index in [0.717, 1.165) is 11.1 Å². The first-order chi connectivity index (χ1) is 13.5. The van der Waals surface area contributed by atoms with Crippen LogP contribution in [0.25, 0.3) is 0 Å². The second kappa shape index (κ2) is 8.75. The van der Waals surface area contributed by atoms with E-state index in [2.05, 4.69) is 38.2 Å². The molecule has 0 saturated carbocycles. The average Bonchev–Trinajstić information content (AvgIpc) is 2.70. The van der Waals surface area contributed by atoms with Crippen molar-refractivity contribution in [1.82, 2.24) is 5.32 Å². The number of hydrogen-bond donors (Lipinski definition) is 1. The molecule has 144 valence electrons. The second-order valence-electron chi connectivity index (χ2n) is 7.26. The minimum Gasteiger partial charge on any atom is -0.488 e. The van der Waals surface area contributed by atoms with Crippen LogP contribution in [0.3, 0.4) is 0 Å². The van der Waals surface area contributed by atoms with E-state index in [9.17, 15) is 4.79 Å². The van der Waals surface area contributed by atoms with Crippen molar-refractivity contribution in [3.05, 3.63) is 100 Å². The van der Waals surface area contributed by atoms with Gasteiger partial charge in [0, 0.05) is 0 Å². The fourth-order valence-corrected chi connectivity index (χ4v) is 3.32. The van der Waals surface area contributed by atoms with Gasteiger partial charge in [0.15, 0.2) is 0 Å². The third kappa shape index (κ3) is 4.61. The van der Waals surface area contributed by atoms with Crippen molar-refractivity contribution in [2.24, 2.45) is 0 Å². The molecule has 0 aliphatic carbocycles. The maximum atomic E-state index is 12.9. The molecule has 28 heavy (non-hydrogen) atoms. The Balaban J connectivity index is 1.75. The Hall–Kier alpha value is -3.07. The van der Waals surface area contributed by atoms with Gasteiger partial charge in [-0.15, -0.1) is 0 Å². The van der Waals surface area contributed by atoms with Crippen LogP contribution in [0.2, 0.25) is 0 Å². The first kappa shape index (κ1) is 19.7. The van der Waals surface area contributed by atoms with Gasteiger partial charge in [-0.1, -0.05) is 54.6 Å². The van der Waals surface area contributed by atoms with Crippen molar-refractivity contribution >= 4 is 5.91 Å². The highest BCUT2D eigenvalue weighted by Crippen LogP contribution is 2.24. The predicted molar refractivity (Wildman–Crippen MR) is 114 cm³/mol. The summed E-state index contributed by atoms with van der Waals surface area (Å²) in [7, 11) is 0. The highest BCUT2D eigenvalue weighted by atomic mass is 16.5. The molecule has 0 spiro atoms. The summed E-state index contributed by atoms with van der Waals surface area (Å²) in [5.74, 6) is 0.460. The Morgan fingerprint density at radius 1 is 0.893 bits per heavy atom. The molecule has 3 aromatic rings. The van der Waals surface area contributed by atoms with E-state index < -0.39 is 0 Å². The summed E-state index contributed by atoms with van der Waals surface area (Å²) in [6.07, 6.45) is 0. The Morgan fingerprint density at radius 3 is 2.29 bits per heavy atom. The van der Waals surface area contributed by atoms with E-state index in [-0.39, 0.29) is 11.9 Å². The zero-order valence-corrected chi connectivity index (χ0v) is 17.0. The Bertz CT molecular complexity index is 964. The van der Waals surface area contributed by atoms with Crippen molar-refractivity contribution in [2.75, 3.05) is 0 Å². The second-order valence-corrected chi connectivity index (χ2v) is 7.26. The normalized spacial score (nSPS) is 11.7. The van der Waals surface area contributed by atoms with Gasteiger partial charge in [0.25, 0.3) is 5.91 Å². The molecule has 3 aromatic carbocycles. The molecule has 1 amide bonds. The highest BCUT2D eigenvalue weighted by molar-refractivity contribution is 5.97. The van der Waals surface area contributed by atoms with Crippen molar-refractivity contribution in [1.29, 1.82) is 0 Å². The van der Waals surface area contributed by atoms with Gasteiger partial charge in [-0.25, -0.2) is 0 Å². The summed E-state index contributed by atoms with van der Waals surface area (Å²) in [4.78, 5) is 12.9. The van der Waals surface area contributed by atoms with Gasteiger partial charge in [0.1, 0.15) is 12.4 Å². The minimum atomic E-state index is -0.131. The van der Waals surface area contributed by atoms with Crippen LogP contribution in [0.5, 0.6) is 5.75 Å². The van der Waals surface area contributed by atoms with Crippen LogP contribution in [0.4, 0.5) is 0 Å². The van der Waals surface area contributed by atoms with E-state index in [1.165, 1.54) is 16.7 Å². The average molecular weight is 373 g/mol. The van der Waals surface area contributed by atoms with Gasteiger partial charge >= 0.3 is 0 Å². The number of carbonyl (C=O) groups is 1. The van der Waals surface area contributed by atoms with E-state index in [4.69, 9.17) is 4.74 Å². The third-order valence-electron chi connectivity index (χ3n) is 5.07. The first-order valence-electron chi connectivity index (χ1n) is 9.60. The Morgan fingerprint density at radius 2 is 1.54 bits per heavy atom. The van der Waals surface area contributed by atoms with Gasteiger partial charge in [-0.3, -0.25) is 4.79 Å². The molecule has 0 aromatic heterocycles. The minimum absolute atomic E-state index is 0.0889. The predicted octanol–water partition coefficient (Wildman–Crippen LogP) is 5.68. The van der Waals surface area contributed by atoms with Crippen LogP contribution in [0.15, 0.2) is 66.7 Å². The fourth-order valence-electron chi connectivity index (χ4n) is 3.32. The number of rotatable bonds is 6. The highest BCUT2D eigenvalue weighted by Gasteiger charge is 2.17. The lowest BCUT2D eigenvalue weighted by atomic mass is 9.96. The van der Waals surface area contributed by atoms with E-state index in [0.29, 0.717) is 17.9 Å². The van der Waals surface area contributed by atoms with Gasteiger partial charge < -0.3 is 10.1 Å². The largest absolute Gasteiger partial charge is 0.488 e. The zero-order chi connectivity index (χ0) is 20.1. The van der Waals surface area contributed by atoms with Crippen molar-refractivity contribution in [3.63, 3.8) is 0 Å². The maximum Gasteiger partial charge on any atom is 0.255 e. The lowest BCUT2D eigenvalue weighted by molar-refractivity contribution is 0.0935. The smallest absolute Gasteiger partial charge is 0.255 e. The number of nitrogens with one attached hydrogen (secondary N) is 1. The number of aryl methyl sites for hydroxylation is 3. The SMILES string of the molecule is Cc1cc(C)c([C@H](C)NC(=O)c2ccccc2OCc2ccccc2)cc1C. The summed E-state index contributed by atoms with van der Waals surface area (Å²) in [5.41, 5.74) is 6.43. The van der Waals surface area contributed by atoms with Crippen molar-refractivity contribution in [2.45, 2.75) is 40.3 Å². The van der Waals surface area contributed by atoms with E-state index in [1.54, 1.807) is 6.07 Å². The fraction of sp³-hybridized carbons (Fsp3) is 0.240. The number of benzene rings is 3. The Kier molecular flexibility index (Phi) is 6.15. The molecule has 3 rings (SSSR count). The quantitative estimate of drug-likeness (QED) is 0.603. The number of hydrogen-bond acceptors (Lipinski definition) is 2. The van der Waals surface area contributed by atoms with Crippen molar-refractivity contribution in [3.8, 4) is 5.75 Å². The summed E-state index contributed by atoms with van der Waals surface area (Å²) in [6.45, 7) is 8.73. The first-order valence-corrected chi connectivity index (χ1v) is 9.60. The lowest BCUT2D eigenvalue weighted by Gasteiger charge is -2.19. The van der Waals surface area contributed by atoms with Crippen LogP contribution in [0.1, 0.15) is 51.1 Å². The molecular weight excluding hydrogens is 346 g/mol. The molecular formula is C25H27NO2. The topological polar surface area (TPSA) is 38.3 Å². The van der Waals surface area contributed by atoms with Crippen LogP contribution >= 0.6 is 0 Å². The number of amides is 1. The number of carbonyl (C=O) groups excluding carboxylic acids is 1. The zero-order valence-electron chi connectivity index (χ0n) is 17.0. The lowest BCUT2D eigenvalue weighted by Crippen LogP contribution is -2.27. The monoisotopic (exact) mass is 373 g/mol. The van der Waals surface area contributed by atoms with Gasteiger partial charge in [0.05, 0.1) is 11.6 Å². The molecule has 0 heterocycles. The molecule has 0 fully saturated rings. The standard InChI is InChI=1S/C25H27NO2/c1-17-14-19(3)23(15-18(17)2)20(4)26-25(27)22-12-8-9-13-24(22)28-16-21-10-6-5-7-11-21/h5-15,20H,16H2,1-4H3,(H,26,27)/t20-/m0/s1. The summed E-state index contributed by atoms with van der Waals surface area (Å²) >= 11 is 0. The van der Waals surface area contributed by atoms with Gasteiger partial charge in [-0.2, -0.15) is 0 Å². The van der Waals surface area contributed by atoms with Gasteiger partial charge in [-0.05, 0) is 67.6 Å². The molecule has 3 nitrogen and oxygen atoms in total. The summed E-state index contributed by atoms with van der Waals surface area (Å²) in [6, 6.07) is 21.6. The molecule has 0 unspecified atom stereocenters. The molecule has 3 heteroatoms. The molecule has 0 aliphatic rings.